The lowest BCUT2D eigenvalue weighted by Crippen LogP contribution is -2.34. The highest BCUT2D eigenvalue weighted by molar-refractivity contribution is 5.75. The van der Waals surface area contributed by atoms with Crippen molar-refractivity contribution in [3.63, 3.8) is 0 Å². The maximum Gasteiger partial charge on any atom is 0.246 e. The third-order valence-electron chi connectivity index (χ3n) is 4.54. The number of fused-ring (bicyclic) bond motifs is 1. The van der Waals surface area contributed by atoms with E-state index in [1.807, 2.05) is 12.1 Å². The van der Waals surface area contributed by atoms with E-state index >= 15 is 0 Å². The molecule has 1 saturated heterocycles. The lowest BCUT2D eigenvalue weighted by atomic mass is 10.0. The number of hydroxylamine groups is 2. The second-order valence-corrected chi connectivity index (χ2v) is 6.33. The van der Waals surface area contributed by atoms with E-state index in [1.165, 1.54) is 10.8 Å². The fourth-order valence-corrected chi connectivity index (χ4v) is 3.41. The van der Waals surface area contributed by atoms with Crippen LogP contribution in [0.1, 0.15) is 18.5 Å². The Balaban J connectivity index is 1.54. The number of amides is 1. The molecule has 0 spiro atoms. The standard InChI is InChI=1S/C17H21N5O2/c23-16(22-8-3-9-24-22)10-14-11-20-7-1-4-15(20)13-21(12-14)17-18-5-2-6-19-17/h1-2,4-7,14H,3,8-13H2. The van der Waals surface area contributed by atoms with Gasteiger partial charge in [0, 0.05) is 49.7 Å². The van der Waals surface area contributed by atoms with E-state index in [0.29, 0.717) is 25.5 Å². The Hall–Kier alpha value is -2.41. The zero-order chi connectivity index (χ0) is 16.4. The van der Waals surface area contributed by atoms with E-state index in [0.717, 1.165) is 26.1 Å². The van der Waals surface area contributed by atoms with Crippen molar-refractivity contribution < 1.29 is 9.63 Å². The lowest BCUT2D eigenvalue weighted by Gasteiger charge is -2.24. The number of hydrogen-bond donors (Lipinski definition) is 0. The SMILES string of the molecule is O=C(CC1CN(c2ncccn2)Cc2cccn2C1)N1CCCO1. The zero-order valence-corrected chi connectivity index (χ0v) is 13.5. The van der Waals surface area contributed by atoms with Gasteiger partial charge in [0.05, 0.1) is 19.7 Å². The average Bonchev–Trinajstić information content (AvgIpc) is 3.25. The van der Waals surface area contributed by atoms with Crippen LogP contribution >= 0.6 is 0 Å². The Labute approximate surface area is 140 Å². The van der Waals surface area contributed by atoms with Crippen LogP contribution in [0.2, 0.25) is 0 Å². The molecular formula is C17H21N5O2. The van der Waals surface area contributed by atoms with Crippen molar-refractivity contribution in [2.75, 3.05) is 24.6 Å². The summed E-state index contributed by atoms with van der Waals surface area (Å²) in [6.45, 7) is 3.67. The number of carbonyl (C=O) groups is 1. The van der Waals surface area contributed by atoms with Crippen molar-refractivity contribution in [1.29, 1.82) is 0 Å². The topological polar surface area (TPSA) is 63.5 Å². The Morgan fingerprint density at radius 2 is 2.12 bits per heavy atom. The lowest BCUT2D eigenvalue weighted by molar-refractivity contribution is -0.169. The van der Waals surface area contributed by atoms with Gasteiger partial charge in [-0.2, -0.15) is 0 Å². The highest BCUT2D eigenvalue weighted by atomic mass is 16.7. The van der Waals surface area contributed by atoms with Crippen molar-refractivity contribution in [2.24, 2.45) is 5.92 Å². The van der Waals surface area contributed by atoms with Crippen LogP contribution in [0.4, 0.5) is 5.95 Å². The predicted octanol–water partition coefficient (Wildman–Crippen LogP) is 1.47. The summed E-state index contributed by atoms with van der Waals surface area (Å²) in [6.07, 6.45) is 6.98. The second-order valence-electron chi connectivity index (χ2n) is 6.33. The van der Waals surface area contributed by atoms with Gasteiger partial charge in [0.25, 0.3) is 0 Å². The molecule has 4 rings (SSSR count). The molecule has 24 heavy (non-hydrogen) atoms. The van der Waals surface area contributed by atoms with Gasteiger partial charge in [-0.15, -0.1) is 0 Å². The van der Waals surface area contributed by atoms with E-state index in [9.17, 15) is 4.79 Å². The minimum Gasteiger partial charge on any atom is -0.349 e. The molecule has 0 saturated carbocycles. The van der Waals surface area contributed by atoms with E-state index in [-0.39, 0.29) is 11.8 Å². The van der Waals surface area contributed by atoms with E-state index < -0.39 is 0 Å². The Morgan fingerprint density at radius 1 is 1.25 bits per heavy atom. The molecule has 1 fully saturated rings. The minimum atomic E-state index is 0.0713. The molecule has 2 aromatic rings. The van der Waals surface area contributed by atoms with E-state index in [2.05, 4.69) is 31.7 Å². The summed E-state index contributed by atoms with van der Waals surface area (Å²) in [6, 6.07) is 5.98. The first-order valence-electron chi connectivity index (χ1n) is 8.39. The molecule has 1 unspecified atom stereocenters. The minimum absolute atomic E-state index is 0.0713. The van der Waals surface area contributed by atoms with E-state index in [1.54, 1.807) is 12.4 Å². The molecule has 2 aliphatic heterocycles. The molecule has 7 heteroatoms. The van der Waals surface area contributed by atoms with Crippen LogP contribution in [0.3, 0.4) is 0 Å². The summed E-state index contributed by atoms with van der Waals surface area (Å²) in [4.78, 5) is 28.8. The number of rotatable bonds is 3. The van der Waals surface area contributed by atoms with E-state index in [4.69, 9.17) is 4.84 Å². The van der Waals surface area contributed by atoms with Crippen LogP contribution in [0.25, 0.3) is 0 Å². The maximum atomic E-state index is 12.5. The van der Waals surface area contributed by atoms with Gasteiger partial charge in [-0.3, -0.25) is 9.63 Å². The van der Waals surface area contributed by atoms with Crippen molar-refractivity contribution >= 4 is 11.9 Å². The fourth-order valence-electron chi connectivity index (χ4n) is 3.41. The Morgan fingerprint density at radius 3 is 2.92 bits per heavy atom. The predicted molar refractivity (Wildman–Crippen MR) is 87.9 cm³/mol. The molecule has 126 valence electrons. The third-order valence-corrected chi connectivity index (χ3v) is 4.54. The molecule has 0 aromatic carbocycles. The summed E-state index contributed by atoms with van der Waals surface area (Å²) in [5.74, 6) is 0.975. The first-order valence-corrected chi connectivity index (χ1v) is 8.39. The summed E-state index contributed by atoms with van der Waals surface area (Å²) in [5.41, 5.74) is 1.22. The first kappa shape index (κ1) is 15.1. The normalized spacial score (nSPS) is 20.8. The molecule has 7 nitrogen and oxygen atoms in total. The van der Waals surface area contributed by atoms with Gasteiger partial charge in [0.1, 0.15) is 0 Å². The van der Waals surface area contributed by atoms with Crippen LogP contribution in [-0.4, -0.2) is 45.2 Å². The van der Waals surface area contributed by atoms with Crippen molar-refractivity contribution in [1.82, 2.24) is 19.6 Å². The van der Waals surface area contributed by atoms with Gasteiger partial charge in [0.2, 0.25) is 11.9 Å². The molecule has 2 aromatic heterocycles. The first-order chi connectivity index (χ1) is 11.8. The molecule has 4 heterocycles. The summed E-state index contributed by atoms with van der Waals surface area (Å²) < 4.78 is 2.23. The van der Waals surface area contributed by atoms with Gasteiger partial charge < -0.3 is 9.47 Å². The van der Waals surface area contributed by atoms with Crippen LogP contribution in [0.5, 0.6) is 0 Å². The molecule has 1 amide bonds. The van der Waals surface area contributed by atoms with Gasteiger partial charge in [-0.1, -0.05) is 0 Å². The monoisotopic (exact) mass is 327 g/mol. The van der Waals surface area contributed by atoms with Crippen molar-refractivity contribution in [2.45, 2.75) is 25.9 Å². The Kier molecular flexibility index (Phi) is 4.17. The molecule has 0 bridgehead atoms. The fraction of sp³-hybridized carbons (Fsp3) is 0.471. The molecule has 0 aliphatic carbocycles. The number of anilines is 1. The van der Waals surface area contributed by atoms with Crippen molar-refractivity contribution in [3.05, 3.63) is 42.5 Å². The molecule has 2 aliphatic rings. The smallest absolute Gasteiger partial charge is 0.246 e. The molecule has 0 N–H and O–H groups in total. The second kappa shape index (κ2) is 6.60. The summed E-state index contributed by atoms with van der Waals surface area (Å²) in [5, 5.41) is 1.52. The van der Waals surface area contributed by atoms with Gasteiger partial charge in [-0.05, 0) is 24.6 Å². The Bertz CT molecular complexity index is 696. The number of aromatic nitrogens is 3. The highest BCUT2D eigenvalue weighted by Crippen LogP contribution is 2.23. The zero-order valence-electron chi connectivity index (χ0n) is 13.5. The van der Waals surface area contributed by atoms with Gasteiger partial charge >= 0.3 is 0 Å². The van der Waals surface area contributed by atoms with Crippen LogP contribution in [-0.2, 0) is 22.7 Å². The van der Waals surface area contributed by atoms with Crippen LogP contribution in [0, 0.1) is 5.92 Å². The number of hydrogen-bond acceptors (Lipinski definition) is 5. The largest absolute Gasteiger partial charge is 0.349 e. The quantitative estimate of drug-likeness (QED) is 0.854. The summed E-state index contributed by atoms with van der Waals surface area (Å²) in [7, 11) is 0. The third kappa shape index (κ3) is 3.12. The van der Waals surface area contributed by atoms with Crippen LogP contribution in [0.15, 0.2) is 36.8 Å². The van der Waals surface area contributed by atoms with Gasteiger partial charge in [-0.25, -0.2) is 15.0 Å². The average molecular weight is 327 g/mol. The molecule has 0 radical (unpaired) electrons. The summed E-state index contributed by atoms with van der Waals surface area (Å²) >= 11 is 0. The number of carbonyl (C=O) groups excluding carboxylic acids is 1. The highest BCUT2D eigenvalue weighted by Gasteiger charge is 2.28. The number of nitrogens with zero attached hydrogens (tertiary/aromatic N) is 5. The maximum absolute atomic E-state index is 12.5. The van der Waals surface area contributed by atoms with Crippen LogP contribution < -0.4 is 4.90 Å². The molecule has 1 atom stereocenters. The van der Waals surface area contributed by atoms with Crippen molar-refractivity contribution in [3.8, 4) is 0 Å². The molecular weight excluding hydrogens is 306 g/mol. The van der Waals surface area contributed by atoms with Gasteiger partial charge in [0.15, 0.2) is 0 Å².